The number of carbonyl (C=O) groups is 2. The Balaban J connectivity index is 2.71. The molecular formula is C12H18N2O4. The van der Waals surface area contributed by atoms with E-state index in [0.29, 0.717) is 12.1 Å². The van der Waals surface area contributed by atoms with Crippen molar-refractivity contribution in [3.8, 4) is 0 Å². The molecule has 0 aromatic carbocycles. The second-order valence-corrected chi connectivity index (χ2v) is 4.51. The third-order valence-electron chi connectivity index (χ3n) is 2.35. The molecule has 0 radical (unpaired) electrons. The van der Waals surface area contributed by atoms with Crippen LogP contribution in [0.4, 0.5) is 0 Å². The lowest BCUT2D eigenvalue weighted by atomic mass is 10.0. The Morgan fingerprint density at radius 2 is 2.17 bits per heavy atom. The zero-order valence-electron chi connectivity index (χ0n) is 11.0. The third kappa shape index (κ3) is 3.87. The first kappa shape index (κ1) is 14.2. The topological polar surface area (TPSA) is 81.4 Å². The number of nitrogens with one attached hydrogen (secondary N) is 1. The first-order valence-corrected chi connectivity index (χ1v) is 5.76. The summed E-state index contributed by atoms with van der Waals surface area (Å²) in [5.74, 6) is -0.587. The van der Waals surface area contributed by atoms with Crippen molar-refractivity contribution < 1.29 is 18.8 Å². The lowest BCUT2D eigenvalue weighted by Crippen LogP contribution is -2.42. The molecule has 0 saturated carbocycles. The van der Waals surface area contributed by atoms with Gasteiger partial charge in [-0.25, -0.2) is 4.79 Å². The predicted molar refractivity (Wildman–Crippen MR) is 64.0 cm³/mol. The standard InChI is InChI=1S/C12H18N2O4/c1-7(2)5-9(12(16)17-4)13-11(15)10-6-8(3)14-18-10/h6-7,9H,5H2,1-4H3,(H,13,15). The molecule has 1 heterocycles. The summed E-state index contributed by atoms with van der Waals surface area (Å²) < 4.78 is 9.49. The van der Waals surface area contributed by atoms with Crippen molar-refractivity contribution >= 4 is 11.9 Å². The fourth-order valence-electron chi connectivity index (χ4n) is 1.53. The summed E-state index contributed by atoms with van der Waals surface area (Å²) >= 11 is 0. The molecule has 1 N–H and O–H groups in total. The van der Waals surface area contributed by atoms with E-state index < -0.39 is 17.9 Å². The maximum atomic E-state index is 11.8. The number of esters is 1. The molecule has 0 fully saturated rings. The Kier molecular flexibility index (Phi) is 4.88. The molecule has 0 spiro atoms. The lowest BCUT2D eigenvalue weighted by Gasteiger charge is -2.17. The number of aryl methyl sites for hydroxylation is 1. The van der Waals surface area contributed by atoms with E-state index in [1.54, 1.807) is 6.92 Å². The van der Waals surface area contributed by atoms with Crippen LogP contribution in [0.1, 0.15) is 36.5 Å². The molecule has 0 aliphatic carbocycles. The minimum absolute atomic E-state index is 0.0881. The molecule has 1 rings (SSSR count). The van der Waals surface area contributed by atoms with Gasteiger partial charge in [0, 0.05) is 6.07 Å². The highest BCUT2D eigenvalue weighted by Gasteiger charge is 2.24. The fourth-order valence-corrected chi connectivity index (χ4v) is 1.53. The van der Waals surface area contributed by atoms with Crippen LogP contribution in [0.25, 0.3) is 0 Å². The van der Waals surface area contributed by atoms with Crippen molar-refractivity contribution in [3.63, 3.8) is 0 Å². The van der Waals surface area contributed by atoms with Crippen molar-refractivity contribution in [1.82, 2.24) is 10.5 Å². The molecule has 1 amide bonds. The van der Waals surface area contributed by atoms with Crippen LogP contribution in [0.3, 0.4) is 0 Å². The van der Waals surface area contributed by atoms with Crippen LogP contribution in [-0.2, 0) is 9.53 Å². The van der Waals surface area contributed by atoms with Gasteiger partial charge in [0.05, 0.1) is 12.8 Å². The summed E-state index contributed by atoms with van der Waals surface area (Å²) in [5, 5.41) is 6.20. The zero-order valence-corrected chi connectivity index (χ0v) is 11.0. The molecule has 0 aliphatic heterocycles. The molecule has 100 valence electrons. The van der Waals surface area contributed by atoms with Crippen molar-refractivity contribution in [2.24, 2.45) is 5.92 Å². The highest BCUT2D eigenvalue weighted by molar-refractivity contribution is 5.94. The Morgan fingerprint density at radius 3 is 2.61 bits per heavy atom. The zero-order chi connectivity index (χ0) is 13.7. The van der Waals surface area contributed by atoms with E-state index in [1.807, 2.05) is 13.8 Å². The Labute approximate surface area is 106 Å². The van der Waals surface area contributed by atoms with Crippen LogP contribution in [0.5, 0.6) is 0 Å². The molecule has 18 heavy (non-hydrogen) atoms. The Hall–Kier alpha value is -1.85. The van der Waals surface area contributed by atoms with Crippen LogP contribution < -0.4 is 5.32 Å². The van der Waals surface area contributed by atoms with E-state index in [1.165, 1.54) is 13.2 Å². The highest BCUT2D eigenvalue weighted by Crippen LogP contribution is 2.08. The van der Waals surface area contributed by atoms with Crippen molar-refractivity contribution in [3.05, 3.63) is 17.5 Å². The first-order valence-electron chi connectivity index (χ1n) is 5.76. The van der Waals surface area contributed by atoms with Gasteiger partial charge in [-0.2, -0.15) is 0 Å². The van der Waals surface area contributed by atoms with Crippen LogP contribution in [0.2, 0.25) is 0 Å². The number of hydrogen-bond donors (Lipinski definition) is 1. The molecule has 1 aromatic rings. The predicted octanol–water partition coefficient (Wildman–Crippen LogP) is 1.30. The van der Waals surface area contributed by atoms with Crippen LogP contribution >= 0.6 is 0 Å². The van der Waals surface area contributed by atoms with E-state index in [2.05, 4.69) is 15.2 Å². The minimum atomic E-state index is -0.673. The van der Waals surface area contributed by atoms with E-state index in [4.69, 9.17) is 4.52 Å². The minimum Gasteiger partial charge on any atom is -0.467 e. The summed E-state index contributed by atoms with van der Waals surface area (Å²) in [4.78, 5) is 23.4. The molecular weight excluding hydrogens is 236 g/mol. The normalized spacial score (nSPS) is 12.3. The van der Waals surface area contributed by atoms with Gasteiger partial charge in [0.1, 0.15) is 6.04 Å². The molecule has 0 saturated heterocycles. The maximum Gasteiger partial charge on any atom is 0.328 e. The first-order chi connectivity index (χ1) is 8.43. The number of carbonyl (C=O) groups excluding carboxylic acids is 2. The Morgan fingerprint density at radius 1 is 1.50 bits per heavy atom. The van der Waals surface area contributed by atoms with Crippen LogP contribution in [0, 0.1) is 12.8 Å². The third-order valence-corrected chi connectivity index (χ3v) is 2.35. The number of rotatable bonds is 5. The monoisotopic (exact) mass is 254 g/mol. The summed E-state index contributed by atoms with van der Waals surface area (Å²) in [6, 6.07) is 0.840. The number of amides is 1. The van der Waals surface area contributed by atoms with E-state index in [0.717, 1.165) is 0 Å². The molecule has 1 aromatic heterocycles. The summed E-state index contributed by atoms with van der Waals surface area (Å²) in [7, 11) is 1.29. The van der Waals surface area contributed by atoms with Crippen molar-refractivity contribution in [2.45, 2.75) is 33.2 Å². The van der Waals surface area contributed by atoms with E-state index in [9.17, 15) is 9.59 Å². The highest BCUT2D eigenvalue weighted by atomic mass is 16.5. The van der Waals surface area contributed by atoms with Crippen LogP contribution in [-0.4, -0.2) is 30.2 Å². The average Bonchev–Trinajstić information content (AvgIpc) is 2.73. The molecule has 1 unspecified atom stereocenters. The number of hydrogen-bond acceptors (Lipinski definition) is 5. The maximum absolute atomic E-state index is 11.8. The molecule has 1 atom stereocenters. The fraction of sp³-hybridized carbons (Fsp3) is 0.583. The Bertz CT molecular complexity index is 425. The average molecular weight is 254 g/mol. The van der Waals surface area contributed by atoms with E-state index in [-0.39, 0.29) is 11.7 Å². The number of ether oxygens (including phenoxy) is 1. The smallest absolute Gasteiger partial charge is 0.328 e. The van der Waals surface area contributed by atoms with Gasteiger partial charge in [-0.1, -0.05) is 19.0 Å². The quantitative estimate of drug-likeness (QED) is 0.801. The molecule has 6 heteroatoms. The van der Waals surface area contributed by atoms with Gasteiger partial charge in [-0.15, -0.1) is 0 Å². The second kappa shape index (κ2) is 6.18. The number of methoxy groups -OCH3 is 1. The number of aromatic nitrogens is 1. The summed E-state index contributed by atoms with van der Waals surface area (Å²) in [6.45, 7) is 5.63. The van der Waals surface area contributed by atoms with Gasteiger partial charge >= 0.3 is 5.97 Å². The van der Waals surface area contributed by atoms with Gasteiger partial charge in [0.2, 0.25) is 5.76 Å². The van der Waals surface area contributed by atoms with Crippen molar-refractivity contribution in [1.29, 1.82) is 0 Å². The lowest BCUT2D eigenvalue weighted by molar-refractivity contribution is -0.143. The van der Waals surface area contributed by atoms with E-state index >= 15 is 0 Å². The molecule has 0 bridgehead atoms. The van der Waals surface area contributed by atoms with Crippen LogP contribution in [0.15, 0.2) is 10.6 Å². The largest absolute Gasteiger partial charge is 0.467 e. The van der Waals surface area contributed by atoms with Crippen molar-refractivity contribution in [2.75, 3.05) is 7.11 Å². The SMILES string of the molecule is COC(=O)C(CC(C)C)NC(=O)c1cc(C)no1. The molecule has 0 aliphatic rings. The van der Waals surface area contributed by atoms with Gasteiger partial charge in [-0.05, 0) is 19.3 Å². The summed E-state index contributed by atoms with van der Waals surface area (Å²) in [6.07, 6.45) is 0.505. The molecule has 6 nitrogen and oxygen atoms in total. The van der Waals surface area contributed by atoms with Gasteiger partial charge in [-0.3, -0.25) is 4.79 Å². The van der Waals surface area contributed by atoms with Gasteiger partial charge in [0.25, 0.3) is 5.91 Å². The second-order valence-electron chi connectivity index (χ2n) is 4.51. The van der Waals surface area contributed by atoms with Gasteiger partial charge in [0.15, 0.2) is 0 Å². The van der Waals surface area contributed by atoms with Gasteiger partial charge < -0.3 is 14.6 Å². The number of nitrogens with zero attached hydrogens (tertiary/aromatic N) is 1. The summed E-state index contributed by atoms with van der Waals surface area (Å²) in [5.41, 5.74) is 0.610.